The molecule has 0 aliphatic carbocycles. The van der Waals surface area contributed by atoms with E-state index in [2.05, 4.69) is 38.9 Å². The third kappa shape index (κ3) is 4.11. The number of thiazole rings is 1. The average Bonchev–Trinajstić information content (AvgIpc) is 2.65. The summed E-state index contributed by atoms with van der Waals surface area (Å²) in [4.78, 5) is 5.65. The van der Waals surface area contributed by atoms with Gasteiger partial charge in [0, 0.05) is 10.5 Å². The van der Waals surface area contributed by atoms with E-state index >= 15 is 0 Å². The summed E-state index contributed by atoms with van der Waals surface area (Å²) in [6.45, 7) is 14.3. The Kier molecular flexibility index (Phi) is 5.83. The van der Waals surface area contributed by atoms with Gasteiger partial charge in [-0.25, -0.2) is 4.98 Å². The maximum atomic E-state index is 6.04. The van der Waals surface area contributed by atoms with Crippen molar-refractivity contribution in [1.82, 2.24) is 4.98 Å². The largest absolute Gasteiger partial charge is 0.225 e. The maximum absolute atomic E-state index is 6.04. The van der Waals surface area contributed by atoms with Crippen LogP contribution in [0.25, 0.3) is 5.57 Å². The zero-order chi connectivity index (χ0) is 13.7. The predicted molar refractivity (Wildman–Crippen MR) is 83.3 cm³/mol. The fourth-order valence-electron chi connectivity index (χ4n) is 1.60. The molecule has 0 fully saturated rings. The summed E-state index contributed by atoms with van der Waals surface area (Å²) in [7, 11) is 0. The Balaban J connectivity index is 3.16. The second kappa shape index (κ2) is 6.91. The van der Waals surface area contributed by atoms with Crippen molar-refractivity contribution in [3.63, 3.8) is 0 Å². The van der Waals surface area contributed by atoms with Crippen molar-refractivity contribution in [1.29, 1.82) is 0 Å². The van der Waals surface area contributed by atoms with Crippen LogP contribution in [-0.4, -0.2) is 4.98 Å². The highest BCUT2D eigenvalue weighted by atomic mass is 35.5. The van der Waals surface area contributed by atoms with E-state index in [0.29, 0.717) is 10.4 Å². The van der Waals surface area contributed by atoms with Crippen LogP contribution in [-0.2, 0) is 6.42 Å². The van der Waals surface area contributed by atoms with Crippen molar-refractivity contribution in [2.24, 2.45) is 5.92 Å². The van der Waals surface area contributed by atoms with Crippen molar-refractivity contribution in [3.05, 3.63) is 45.9 Å². The lowest BCUT2D eigenvalue weighted by Gasteiger charge is -2.06. The summed E-state index contributed by atoms with van der Waals surface area (Å²) in [5.74, 6) is 0.584. The number of allylic oxidation sites excluding steroid dienone is 4. The molecule has 0 amide bonds. The van der Waals surface area contributed by atoms with Crippen LogP contribution in [0.3, 0.4) is 0 Å². The zero-order valence-electron chi connectivity index (χ0n) is 11.3. The minimum atomic E-state index is 0.584. The molecule has 1 rings (SSSR count). The molecule has 0 N–H and O–H groups in total. The molecule has 0 aromatic carbocycles. The standard InChI is InChI=1S/C15H20ClNS/c1-6-11(5)9-12(7-2)14-13(8-10(3)4)18-15(16)17-14/h7,9-10H,2,5-6,8H2,1,3-4H3/b12-9+. The van der Waals surface area contributed by atoms with Crippen molar-refractivity contribution in [2.75, 3.05) is 0 Å². The molecule has 0 saturated carbocycles. The van der Waals surface area contributed by atoms with Crippen molar-refractivity contribution in [3.8, 4) is 0 Å². The summed E-state index contributed by atoms with van der Waals surface area (Å²) in [5, 5.41) is 0. The summed E-state index contributed by atoms with van der Waals surface area (Å²) in [5.41, 5.74) is 3.05. The van der Waals surface area contributed by atoms with E-state index in [1.54, 1.807) is 11.3 Å². The van der Waals surface area contributed by atoms with Gasteiger partial charge in [0.25, 0.3) is 0 Å². The van der Waals surface area contributed by atoms with Crippen molar-refractivity contribution >= 4 is 28.5 Å². The Morgan fingerprint density at radius 2 is 2.17 bits per heavy atom. The van der Waals surface area contributed by atoms with Crippen LogP contribution in [0, 0.1) is 5.92 Å². The Morgan fingerprint density at radius 3 is 2.67 bits per heavy atom. The highest BCUT2D eigenvalue weighted by Gasteiger charge is 2.13. The molecule has 1 nitrogen and oxygen atoms in total. The fourth-order valence-corrected chi connectivity index (χ4v) is 2.98. The topological polar surface area (TPSA) is 12.9 Å². The monoisotopic (exact) mass is 281 g/mol. The quantitative estimate of drug-likeness (QED) is 0.625. The normalized spacial score (nSPS) is 11.9. The second-order valence-corrected chi connectivity index (χ2v) is 6.32. The molecular formula is C15H20ClNS. The molecular weight excluding hydrogens is 262 g/mol. The molecule has 0 aliphatic rings. The SMILES string of the molecule is C=C/C(=C\C(=C)CC)c1nc(Cl)sc1CC(C)C. The van der Waals surface area contributed by atoms with Crippen LogP contribution < -0.4 is 0 Å². The molecule has 0 atom stereocenters. The molecule has 0 saturated heterocycles. The third-order valence-corrected chi connectivity index (χ3v) is 3.75. The van der Waals surface area contributed by atoms with Gasteiger partial charge in [-0.3, -0.25) is 0 Å². The van der Waals surface area contributed by atoms with E-state index in [4.69, 9.17) is 11.6 Å². The zero-order valence-corrected chi connectivity index (χ0v) is 12.9. The van der Waals surface area contributed by atoms with Gasteiger partial charge in [0.05, 0.1) is 5.69 Å². The number of hydrogen-bond acceptors (Lipinski definition) is 2. The second-order valence-electron chi connectivity index (χ2n) is 4.65. The van der Waals surface area contributed by atoms with Crippen LogP contribution in [0.15, 0.2) is 30.9 Å². The number of rotatable bonds is 6. The molecule has 3 heteroatoms. The van der Waals surface area contributed by atoms with Gasteiger partial charge >= 0.3 is 0 Å². The molecule has 0 bridgehead atoms. The molecule has 18 heavy (non-hydrogen) atoms. The van der Waals surface area contributed by atoms with Crippen molar-refractivity contribution < 1.29 is 0 Å². The van der Waals surface area contributed by atoms with Crippen LogP contribution in [0.5, 0.6) is 0 Å². The van der Waals surface area contributed by atoms with Gasteiger partial charge in [-0.15, -0.1) is 11.3 Å². The minimum absolute atomic E-state index is 0.584. The molecule has 0 aliphatic heterocycles. The van der Waals surface area contributed by atoms with Gasteiger partial charge in [0.2, 0.25) is 0 Å². The lowest BCUT2D eigenvalue weighted by molar-refractivity contribution is 0.652. The molecule has 0 radical (unpaired) electrons. The predicted octanol–water partition coefficient (Wildman–Crippen LogP) is 5.53. The lowest BCUT2D eigenvalue weighted by Crippen LogP contribution is -1.96. The third-order valence-electron chi connectivity index (χ3n) is 2.57. The Morgan fingerprint density at radius 1 is 1.50 bits per heavy atom. The highest BCUT2D eigenvalue weighted by molar-refractivity contribution is 7.15. The first-order chi connectivity index (χ1) is 8.47. The summed E-state index contributed by atoms with van der Waals surface area (Å²) in [6, 6.07) is 0. The van der Waals surface area contributed by atoms with E-state index < -0.39 is 0 Å². The lowest BCUT2D eigenvalue weighted by atomic mass is 10.0. The minimum Gasteiger partial charge on any atom is -0.225 e. The number of nitrogens with zero attached hydrogens (tertiary/aromatic N) is 1. The molecule has 1 heterocycles. The molecule has 1 aromatic heterocycles. The van der Waals surface area contributed by atoms with Gasteiger partial charge in [-0.2, -0.15) is 0 Å². The van der Waals surface area contributed by atoms with Crippen LogP contribution in [0.2, 0.25) is 4.47 Å². The Hall–Kier alpha value is -0.860. The molecule has 1 aromatic rings. The van der Waals surface area contributed by atoms with Crippen LogP contribution in [0.1, 0.15) is 37.8 Å². The van der Waals surface area contributed by atoms with Crippen LogP contribution >= 0.6 is 22.9 Å². The van der Waals surface area contributed by atoms with Gasteiger partial charge < -0.3 is 0 Å². The van der Waals surface area contributed by atoms with Crippen molar-refractivity contribution in [2.45, 2.75) is 33.6 Å². The first-order valence-electron chi connectivity index (χ1n) is 6.15. The first-order valence-corrected chi connectivity index (χ1v) is 7.34. The van der Waals surface area contributed by atoms with E-state index in [1.165, 1.54) is 4.88 Å². The molecule has 0 unspecified atom stereocenters. The highest BCUT2D eigenvalue weighted by Crippen LogP contribution is 2.31. The summed E-state index contributed by atoms with van der Waals surface area (Å²) >= 11 is 7.60. The van der Waals surface area contributed by atoms with Gasteiger partial charge in [0.1, 0.15) is 0 Å². The van der Waals surface area contributed by atoms with Gasteiger partial charge in [-0.05, 0) is 18.8 Å². The number of hydrogen-bond donors (Lipinski definition) is 0. The average molecular weight is 282 g/mol. The van der Waals surface area contributed by atoms with E-state index in [1.807, 2.05) is 12.2 Å². The van der Waals surface area contributed by atoms with E-state index in [9.17, 15) is 0 Å². The Bertz CT molecular complexity index is 469. The van der Waals surface area contributed by atoms with Gasteiger partial charge in [0.15, 0.2) is 4.47 Å². The number of aromatic nitrogens is 1. The molecule has 0 spiro atoms. The number of halogens is 1. The first kappa shape index (κ1) is 15.2. The fraction of sp³-hybridized carbons (Fsp3) is 0.400. The van der Waals surface area contributed by atoms with Crippen LogP contribution in [0.4, 0.5) is 0 Å². The van der Waals surface area contributed by atoms with E-state index in [-0.39, 0.29) is 0 Å². The molecule has 98 valence electrons. The van der Waals surface area contributed by atoms with Gasteiger partial charge in [-0.1, -0.05) is 63.3 Å². The maximum Gasteiger partial charge on any atom is 0.184 e. The summed E-state index contributed by atoms with van der Waals surface area (Å²) in [6.07, 6.45) is 5.79. The summed E-state index contributed by atoms with van der Waals surface area (Å²) < 4.78 is 0.593. The van der Waals surface area contributed by atoms with E-state index in [0.717, 1.165) is 29.7 Å². The smallest absolute Gasteiger partial charge is 0.184 e. The Labute approximate surface area is 119 Å².